The number of aliphatic hydroxyl groups excluding tert-OH is 1. The molecule has 0 radical (unpaired) electrons. The van der Waals surface area contributed by atoms with Crippen LogP contribution < -0.4 is 0 Å². The quantitative estimate of drug-likeness (QED) is 0.0169. The number of carbonyl (C=O) groups excluding carboxylic acids is 4. The molecule has 0 aliphatic rings. The van der Waals surface area contributed by atoms with Crippen LogP contribution in [-0.2, 0) is 65.4 Å². The maximum atomic E-state index is 13.0. The van der Waals surface area contributed by atoms with E-state index in [9.17, 15) is 43.2 Å². The molecule has 528 valence electrons. The highest BCUT2D eigenvalue weighted by molar-refractivity contribution is 7.47. The Kier molecular flexibility index (Phi) is 62.3. The molecular formula is C73H124O17P2. The van der Waals surface area contributed by atoms with Crippen molar-refractivity contribution in [2.24, 2.45) is 0 Å². The monoisotopic (exact) mass is 1330 g/mol. The zero-order chi connectivity index (χ0) is 67.5. The van der Waals surface area contributed by atoms with Gasteiger partial charge in [0, 0.05) is 19.3 Å². The van der Waals surface area contributed by atoms with Crippen LogP contribution in [0.3, 0.4) is 0 Å². The third-order valence-corrected chi connectivity index (χ3v) is 16.1. The topological polar surface area (TPSA) is 237 Å². The molecule has 0 heterocycles. The highest BCUT2D eigenvalue weighted by Gasteiger charge is 2.30. The molecule has 0 rings (SSSR count). The molecule has 0 aliphatic heterocycles. The average molecular weight is 1340 g/mol. The molecule has 3 N–H and O–H groups in total. The van der Waals surface area contributed by atoms with E-state index in [-0.39, 0.29) is 25.7 Å². The van der Waals surface area contributed by atoms with Gasteiger partial charge in [0.05, 0.1) is 32.8 Å². The van der Waals surface area contributed by atoms with E-state index in [2.05, 4.69) is 113 Å². The van der Waals surface area contributed by atoms with Crippen molar-refractivity contribution in [3.05, 3.63) is 109 Å². The molecule has 92 heavy (non-hydrogen) atoms. The van der Waals surface area contributed by atoms with Gasteiger partial charge in [-0.2, -0.15) is 0 Å². The molecule has 0 amide bonds. The lowest BCUT2D eigenvalue weighted by Crippen LogP contribution is -2.30. The van der Waals surface area contributed by atoms with Crippen LogP contribution in [0, 0.1) is 0 Å². The van der Waals surface area contributed by atoms with Crippen molar-refractivity contribution in [1.82, 2.24) is 0 Å². The van der Waals surface area contributed by atoms with Crippen LogP contribution in [-0.4, -0.2) is 96.7 Å². The van der Waals surface area contributed by atoms with Crippen molar-refractivity contribution in [3.63, 3.8) is 0 Å². The van der Waals surface area contributed by atoms with Gasteiger partial charge in [0.2, 0.25) is 0 Å². The van der Waals surface area contributed by atoms with Gasteiger partial charge < -0.3 is 33.8 Å². The normalized spacial score (nSPS) is 14.7. The summed E-state index contributed by atoms with van der Waals surface area (Å²) in [6.45, 7) is 4.45. The van der Waals surface area contributed by atoms with Crippen LogP contribution in [0.25, 0.3) is 0 Å². The van der Waals surface area contributed by atoms with Crippen molar-refractivity contribution < 1.29 is 80.2 Å². The number of hydrogen-bond donors (Lipinski definition) is 3. The minimum Gasteiger partial charge on any atom is -0.462 e. The SMILES string of the molecule is CC/C=C\C/C=C\C/C=C\C/C=C\C/C=C\CC(=O)OCC(COP(=O)(O)OCC(O)COP(=O)(O)OCC(COC(=O)CCCCCCC/C=C\C/C=C\CCC)OC(=O)CCCCCCCCCCCCC)OC(=O)CCCCCCC/C=C\C/C=C\CCC. The number of esters is 4. The predicted octanol–water partition coefficient (Wildman–Crippen LogP) is 19.4. The van der Waals surface area contributed by atoms with Crippen LogP contribution in [0.4, 0.5) is 0 Å². The molecule has 17 nitrogen and oxygen atoms in total. The first-order valence-corrected chi connectivity index (χ1v) is 38.1. The van der Waals surface area contributed by atoms with Gasteiger partial charge in [-0.05, 0) is 103 Å². The number of allylic oxidation sites excluding steroid dienone is 17. The Morgan fingerprint density at radius 1 is 0.326 bits per heavy atom. The lowest BCUT2D eigenvalue weighted by atomic mass is 10.1. The summed E-state index contributed by atoms with van der Waals surface area (Å²) in [5.74, 6) is -2.35. The van der Waals surface area contributed by atoms with Crippen LogP contribution >= 0.6 is 15.6 Å². The molecule has 0 aromatic rings. The number of carbonyl (C=O) groups is 4. The Bertz CT molecular complexity index is 2180. The Morgan fingerprint density at radius 2 is 0.630 bits per heavy atom. The third kappa shape index (κ3) is 64.4. The summed E-state index contributed by atoms with van der Waals surface area (Å²) in [5.41, 5.74) is 0. The van der Waals surface area contributed by atoms with Crippen LogP contribution in [0.5, 0.6) is 0 Å². The lowest BCUT2D eigenvalue weighted by Gasteiger charge is -2.21. The summed E-state index contributed by atoms with van der Waals surface area (Å²) in [4.78, 5) is 72.5. The largest absolute Gasteiger partial charge is 0.472 e. The Labute approximate surface area is 556 Å². The molecule has 5 atom stereocenters. The third-order valence-electron chi connectivity index (χ3n) is 14.2. The predicted molar refractivity (Wildman–Crippen MR) is 372 cm³/mol. The maximum Gasteiger partial charge on any atom is 0.472 e. The van der Waals surface area contributed by atoms with Crippen LogP contribution in [0.2, 0.25) is 0 Å². The van der Waals surface area contributed by atoms with E-state index in [1.807, 2.05) is 18.2 Å². The fourth-order valence-corrected chi connectivity index (χ4v) is 10.5. The number of phosphoric ester groups is 2. The second-order valence-corrected chi connectivity index (χ2v) is 26.0. The number of unbranched alkanes of at least 4 members (excludes halogenated alkanes) is 22. The van der Waals surface area contributed by atoms with Gasteiger partial charge in [0.25, 0.3) is 0 Å². The second-order valence-electron chi connectivity index (χ2n) is 23.1. The highest BCUT2D eigenvalue weighted by atomic mass is 31.2. The van der Waals surface area contributed by atoms with E-state index in [1.54, 1.807) is 6.08 Å². The number of hydrogen-bond acceptors (Lipinski definition) is 15. The lowest BCUT2D eigenvalue weighted by molar-refractivity contribution is -0.161. The molecule has 0 spiro atoms. The highest BCUT2D eigenvalue weighted by Crippen LogP contribution is 2.45. The molecule has 0 bridgehead atoms. The van der Waals surface area contributed by atoms with Crippen molar-refractivity contribution >= 4 is 39.5 Å². The smallest absolute Gasteiger partial charge is 0.462 e. The van der Waals surface area contributed by atoms with Gasteiger partial charge >= 0.3 is 39.5 Å². The van der Waals surface area contributed by atoms with Crippen LogP contribution in [0.15, 0.2) is 109 Å². The molecule has 0 saturated carbocycles. The maximum absolute atomic E-state index is 13.0. The Morgan fingerprint density at radius 3 is 1.01 bits per heavy atom. The van der Waals surface area contributed by atoms with Gasteiger partial charge in [-0.1, -0.05) is 253 Å². The fourth-order valence-electron chi connectivity index (χ4n) is 8.90. The second kappa shape index (κ2) is 65.4. The first kappa shape index (κ1) is 87.7. The minimum atomic E-state index is -4.99. The molecule has 0 aromatic carbocycles. The van der Waals surface area contributed by atoms with E-state index in [1.165, 1.54) is 38.5 Å². The van der Waals surface area contributed by atoms with E-state index < -0.39 is 97.5 Å². The van der Waals surface area contributed by atoms with Gasteiger partial charge in [0.15, 0.2) is 12.2 Å². The first-order valence-electron chi connectivity index (χ1n) is 35.1. The average Bonchev–Trinajstić information content (AvgIpc) is 2.73. The van der Waals surface area contributed by atoms with Gasteiger partial charge in [-0.3, -0.25) is 37.3 Å². The summed E-state index contributed by atoms with van der Waals surface area (Å²) in [5, 5.41) is 10.6. The van der Waals surface area contributed by atoms with E-state index >= 15 is 0 Å². The van der Waals surface area contributed by atoms with Crippen molar-refractivity contribution in [1.29, 1.82) is 0 Å². The molecule has 19 heteroatoms. The van der Waals surface area contributed by atoms with Crippen molar-refractivity contribution in [2.45, 2.75) is 290 Å². The standard InChI is InChI=1S/C73H124O17P2/c1-5-9-13-17-21-25-29-32-33-36-39-42-46-50-54-58-71(76)84-64-69(90-73(78)60-56-52-48-44-40-35-31-27-23-19-15-11-7-3)66-88-92(81,82)86-62-67(74)61-85-91(79,80)87-65-68(89-72(77)59-55-51-47-43-37-28-24-20-16-12-8-4)63-83-70(75)57-53-49-45-41-38-34-30-26-22-18-14-10-6-2/h9,13-15,18-19,21,25-27,30-33,39,42,50,54,67-69,74H,5-8,10-12,16-17,20,22-24,28-29,34-38,40-41,43-49,51-53,55-66H2,1-4H3,(H,79,80)(H,81,82)/b13-9-,18-14-,19-15-,25-21-,30-26-,31-27-,33-32-,42-39-,54-50-. The summed E-state index contributed by atoms with van der Waals surface area (Å²) in [7, 11) is -9.96. The Hall–Kier alpha value is -4.28. The Balaban J connectivity index is 5.40. The number of rotatable bonds is 65. The number of ether oxygens (including phenoxy) is 4. The molecule has 5 unspecified atom stereocenters. The fraction of sp³-hybridized carbons (Fsp3) is 0.699. The van der Waals surface area contributed by atoms with Gasteiger partial charge in [0.1, 0.15) is 19.3 Å². The number of aliphatic hydroxyl groups is 1. The van der Waals surface area contributed by atoms with E-state index in [0.717, 1.165) is 154 Å². The zero-order valence-electron chi connectivity index (χ0n) is 57.2. The molecular weight excluding hydrogens is 1210 g/mol. The summed E-state index contributed by atoms with van der Waals surface area (Å²) < 4.78 is 68.0. The van der Waals surface area contributed by atoms with Crippen LogP contribution in [0.1, 0.15) is 272 Å². The van der Waals surface area contributed by atoms with Gasteiger partial charge in [-0.15, -0.1) is 0 Å². The first-order chi connectivity index (χ1) is 44.7. The molecule has 0 aromatic heterocycles. The molecule has 0 fully saturated rings. The number of phosphoric acid groups is 2. The summed E-state index contributed by atoms with van der Waals surface area (Å²) >= 11 is 0. The minimum absolute atomic E-state index is 0.0578. The summed E-state index contributed by atoms with van der Waals surface area (Å²) in [6, 6.07) is 0. The van der Waals surface area contributed by atoms with Crippen molar-refractivity contribution in [3.8, 4) is 0 Å². The van der Waals surface area contributed by atoms with E-state index in [4.69, 9.17) is 37.0 Å². The molecule has 0 saturated heterocycles. The molecule has 0 aliphatic carbocycles. The van der Waals surface area contributed by atoms with Crippen molar-refractivity contribution in [2.75, 3.05) is 39.6 Å². The zero-order valence-corrected chi connectivity index (χ0v) is 59.0. The summed E-state index contributed by atoms with van der Waals surface area (Å²) in [6.07, 6.45) is 67.1. The van der Waals surface area contributed by atoms with Gasteiger partial charge in [-0.25, -0.2) is 9.13 Å². The van der Waals surface area contributed by atoms with E-state index in [0.29, 0.717) is 25.7 Å².